The van der Waals surface area contributed by atoms with Crippen LogP contribution in [0.5, 0.6) is 0 Å². The van der Waals surface area contributed by atoms with Gasteiger partial charge in [0.05, 0.1) is 6.10 Å². The molecule has 0 N–H and O–H groups in total. The van der Waals surface area contributed by atoms with E-state index in [1.807, 2.05) is 24.1 Å². The molecule has 0 atom stereocenters. The number of likely N-dealkylation sites (tertiary alicyclic amines) is 2. The molecule has 0 unspecified atom stereocenters. The normalized spacial score (nSPS) is 20.1. The first-order chi connectivity index (χ1) is 13.2. The smallest absolute Gasteiger partial charge is 0.253 e. The van der Waals surface area contributed by atoms with E-state index in [1.165, 1.54) is 11.1 Å². The Labute approximate surface area is 165 Å². The van der Waals surface area contributed by atoms with E-state index in [4.69, 9.17) is 4.74 Å². The van der Waals surface area contributed by atoms with Crippen molar-refractivity contribution in [3.63, 3.8) is 0 Å². The van der Waals surface area contributed by atoms with E-state index in [-0.39, 0.29) is 5.91 Å². The van der Waals surface area contributed by atoms with Crippen LogP contribution in [0.3, 0.4) is 0 Å². The Morgan fingerprint density at radius 3 is 2.26 bits per heavy atom. The molecule has 2 aromatic rings. The van der Waals surface area contributed by atoms with Gasteiger partial charge in [-0.15, -0.1) is 0 Å². The van der Waals surface area contributed by atoms with Crippen LogP contribution in [0.25, 0.3) is 11.1 Å². The highest BCUT2D eigenvalue weighted by Crippen LogP contribution is 2.25. The Kier molecular flexibility index (Phi) is 5.91. The second-order valence-corrected chi connectivity index (χ2v) is 8.36. The Hall–Kier alpha value is -1.69. The van der Waals surface area contributed by atoms with Crippen LogP contribution in [0.15, 0.2) is 41.1 Å². The molecule has 2 aliphatic rings. The molecule has 2 fully saturated rings. The first kappa shape index (κ1) is 18.7. The van der Waals surface area contributed by atoms with E-state index in [0.717, 1.165) is 57.4 Å². The number of carbonyl (C=O) groups is 1. The molecule has 1 aromatic carbocycles. The van der Waals surface area contributed by atoms with Gasteiger partial charge in [0.15, 0.2) is 0 Å². The number of benzene rings is 1. The van der Waals surface area contributed by atoms with E-state index in [9.17, 15) is 4.79 Å². The summed E-state index contributed by atoms with van der Waals surface area (Å²) in [7, 11) is 1.82. The van der Waals surface area contributed by atoms with Gasteiger partial charge in [-0.3, -0.25) is 4.79 Å². The fourth-order valence-corrected chi connectivity index (χ4v) is 4.99. The van der Waals surface area contributed by atoms with Gasteiger partial charge in [0.2, 0.25) is 0 Å². The van der Waals surface area contributed by atoms with E-state index in [0.29, 0.717) is 12.1 Å². The SMILES string of the molecule is COC1CCN(C2CCN(C(=O)c3ccc(-c4ccsc4)cc3)CC2)CC1. The molecule has 1 aromatic heterocycles. The van der Waals surface area contributed by atoms with Crippen molar-refractivity contribution in [3.8, 4) is 11.1 Å². The van der Waals surface area contributed by atoms with E-state index in [1.54, 1.807) is 11.3 Å². The fourth-order valence-electron chi connectivity index (χ4n) is 4.33. The van der Waals surface area contributed by atoms with Crippen molar-refractivity contribution in [2.24, 2.45) is 0 Å². The molecule has 1 amide bonds. The number of rotatable bonds is 4. The Bertz CT molecular complexity index is 728. The maximum absolute atomic E-state index is 12.9. The second-order valence-electron chi connectivity index (χ2n) is 7.58. The summed E-state index contributed by atoms with van der Waals surface area (Å²) in [5.74, 6) is 0.170. The second kappa shape index (κ2) is 8.55. The lowest BCUT2D eigenvalue weighted by Crippen LogP contribution is -2.49. The molecule has 0 saturated carbocycles. The number of methoxy groups -OCH3 is 1. The van der Waals surface area contributed by atoms with Crippen LogP contribution < -0.4 is 0 Å². The zero-order valence-corrected chi connectivity index (χ0v) is 16.8. The van der Waals surface area contributed by atoms with E-state index >= 15 is 0 Å². The molecular weight excluding hydrogens is 356 g/mol. The maximum Gasteiger partial charge on any atom is 0.253 e. The summed E-state index contributed by atoms with van der Waals surface area (Å²) >= 11 is 1.69. The number of carbonyl (C=O) groups excluding carboxylic acids is 1. The van der Waals surface area contributed by atoms with Crippen molar-refractivity contribution in [2.45, 2.75) is 37.8 Å². The van der Waals surface area contributed by atoms with Crippen LogP contribution in [0.2, 0.25) is 0 Å². The van der Waals surface area contributed by atoms with E-state index < -0.39 is 0 Å². The number of thiophene rings is 1. The molecule has 2 saturated heterocycles. The first-order valence-electron chi connectivity index (χ1n) is 9.93. The van der Waals surface area contributed by atoms with Gasteiger partial charge in [-0.2, -0.15) is 11.3 Å². The standard InChI is InChI=1S/C22H28N2O2S/c1-26-21-8-13-23(14-9-21)20-6-11-24(12-7-20)22(25)18-4-2-17(3-5-18)19-10-15-27-16-19/h2-5,10,15-16,20-21H,6-9,11-14H2,1H3. The van der Waals surface area contributed by atoms with Gasteiger partial charge in [0.1, 0.15) is 0 Å². The van der Waals surface area contributed by atoms with Crippen molar-refractivity contribution in [1.82, 2.24) is 9.80 Å². The van der Waals surface area contributed by atoms with Crippen molar-refractivity contribution in [2.75, 3.05) is 33.3 Å². The molecule has 0 aliphatic carbocycles. The number of amides is 1. The van der Waals surface area contributed by atoms with Crippen molar-refractivity contribution < 1.29 is 9.53 Å². The average molecular weight is 385 g/mol. The lowest BCUT2D eigenvalue weighted by molar-refractivity contribution is 0.0145. The van der Waals surface area contributed by atoms with Gasteiger partial charge in [-0.25, -0.2) is 0 Å². The molecule has 4 nitrogen and oxygen atoms in total. The van der Waals surface area contributed by atoms with Crippen LogP contribution in [0, 0.1) is 0 Å². The predicted octanol–water partition coefficient (Wildman–Crippen LogP) is 4.13. The third-order valence-corrected chi connectivity index (χ3v) is 6.75. The molecule has 0 spiro atoms. The fraction of sp³-hybridized carbons (Fsp3) is 0.500. The molecular formula is C22H28N2O2S. The average Bonchev–Trinajstić information content (AvgIpc) is 3.28. The minimum absolute atomic E-state index is 0.170. The lowest BCUT2D eigenvalue weighted by Gasteiger charge is -2.41. The molecule has 4 rings (SSSR count). The van der Waals surface area contributed by atoms with Crippen LogP contribution in [-0.4, -0.2) is 61.1 Å². The minimum Gasteiger partial charge on any atom is -0.381 e. The number of hydrogen-bond acceptors (Lipinski definition) is 4. The van der Waals surface area contributed by atoms with E-state index in [2.05, 4.69) is 33.9 Å². The van der Waals surface area contributed by atoms with Crippen molar-refractivity contribution in [3.05, 3.63) is 46.7 Å². The lowest BCUT2D eigenvalue weighted by atomic mass is 9.98. The number of ether oxygens (including phenoxy) is 1. The van der Waals surface area contributed by atoms with Gasteiger partial charge in [0, 0.05) is 44.9 Å². The maximum atomic E-state index is 12.9. The molecule has 0 radical (unpaired) electrons. The first-order valence-corrected chi connectivity index (χ1v) is 10.9. The van der Waals surface area contributed by atoms with Crippen LogP contribution in [-0.2, 0) is 4.74 Å². The molecule has 144 valence electrons. The topological polar surface area (TPSA) is 32.8 Å². The van der Waals surface area contributed by atoms with Gasteiger partial charge in [0.25, 0.3) is 5.91 Å². The molecule has 27 heavy (non-hydrogen) atoms. The summed E-state index contributed by atoms with van der Waals surface area (Å²) in [4.78, 5) is 17.5. The summed E-state index contributed by atoms with van der Waals surface area (Å²) < 4.78 is 5.48. The third kappa shape index (κ3) is 4.26. The van der Waals surface area contributed by atoms with Crippen molar-refractivity contribution >= 4 is 17.2 Å². The van der Waals surface area contributed by atoms with Crippen LogP contribution >= 0.6 is 11.3 Å². The summed E-state index contributed by atoms with van der Waals surface area (Å²) in [6.45, 7) is 3.97. The van der Waals surface area contributed by atoms with Crippen LogP contribution in [0.1, 0.15) is 36.0 Å². The molecule has 2 aliphatic heterocycles. The number of nitrogens with zero attached hydrogens (tertiary/aromatic N) is 2. The Morgan fingerprint density at radius 1 is 0.963 bits per heavy atom. The summed E-state index contributed by atoms with van der Waals surface area (Å²) in [6.07, 6.45) is 4.85. The highest BCUT2D eigenvalue weighted by atomic mass is 32.1. The number of piperidine rings is 2. The summed E-state index contributed by atoms with van der Waals surface area (Å²) in [5.41, 5.74) is 3.19. The largest absolute Gasteiger partial charge is 0.381 e. The predicted molar refractivity (Wildman–Crippen MR) is 110 cm³/mol. The number of hydrogen-bond donors (Lipinski definition) is 0. The molecule has 5 heteroatoms. The minimum atomic E-state index is 0.170. The van der Waals surface area contributed by atoms with Crippen molar-refractivity contribution in [1.29, 1.82) is 0 Å². The Morgan fingerprint density at radius 2 is 1.67 bits per heavy atom. The molecule has 0 bridgehead atoms. The van der Waals surface area contributed by atoms with Gasteiger partial charge in [-0.05, 0) is 65.8 Å². The summed E-state index contributed by atoms with van der Waals surface area (Å²) in [6, 6.07) is 10.8. The third-order valence-electron chi connectivity index (χ3n) is 6.06. The monoisotopic (exact) mass is 384 g/mol. The van der Waals surface area contributed by atoms with Crippen LogP contribution in [0.4, 0.5) is 0 Å². The highest BCUT2D eigenvalue weighted by molar-refractivity contribution is 7.08. The Balaban J connectivity index is 1.31. The van der Waals surface area contributed by atoms with Gasteiger partial charge >= 0.3 is 0 Å². The highest BCUT2D eigenvalue weighted by Gasteiger charge is 2.29. The van der Waals surface area contributed by atoms with Gasteiger partial charge < -0.3 is 14.5 Å². The zero-order valence-electron chi connectivity index (χ0n) is 16.0. The zero-order chi connectivity index (χ0) is 18.6. The van der Waals surface area contributed by atoms with Gasteiger partial charge in [-0.1, -0.05) is 12.1 Å². The summed E-state index contributed by atoms with van der Waals surface area (Å²) in [5, 5.41) is 4.22. The molecule has 3 heterocycles. The quantitative estimate of drug-likeness (QED) is 0.795.